The van der Waals surface area contributed by atoms with Gasteiger partial charge in [-0.25, -0.2) is 0 Å². The molecule has 0 spiro atoms. The van der Waals surface area contributed by atoms with Crippen molar-refractivity contribution in [2.75, 3.05) is 0 Å². The Morgan fingerprint density at radius 3 is 2.52 bits per heavy atom. The second kappa shape index (κ2) is 5.85. The Hall–Kier alpha value is -2.67. The van der Waals surface area contributed by atoms with Crippen LogP contribution in [0.3, 0.4) is 0 Å². The molecule has 0 aliphatic carbocycles. The number of aromatic nitrogens is 3. The zero-order valence-corrected chi connectivity index (χ0v) is 13.5. The van der Waals surface area contributed by atoms with Crippen LogP contribution in [-0.4, -0.2) is 23.4 Å². The largest absolute Gasteiger partial charge is 0.358 e. The third-order valence-electron chi connectivity index (χ3n) is 3.31. The number of fused-ring (bicyclic) bond motifs is 1. The van der Waals surface area contributed by atoms with Gasteiger partial charge in [-0.2, -0.15) is 13.1 Å². The molecule has 0 aliphatic heterocycles. The predicted molar refractivity (Wildman–Crippen MR) is 86.9 cm³/mol. The minimum absolute atomic E-state index is 0.0827. The highest BCUT2D eigenvalue weighted by molar-refractivity contribution is 7.87. The number of hydrogen-bond acceptors (Lipinski definition) is 5. The third kappa shape index (κ3) is 2.95. The summed E-state index contributed by atoms with van der Waals surface area (Å²) in [4.78, 5) is 0.0897. The van der Waals surface area contributed by atoms with E-state index in [-0.39, 0.29) is 10.8 Å². The zero-order valence-electron chi connectivity index (χ0n) is 12.7. The Kier molecular flexibility index (Phi) is 3.87. The van der Waals surface area contributed by atoms with Crippen LogP contribution >= 0.6 is 0 Å². The maximum atomic E-state index is 12.4. The van der Waals surface area contributed by atoms with E-state index in [4.69, 9.17) is 4.18 Å². The SMILES string of the molecule is C/C=C(\OS(=O)(=O)c1ccc(C)cc1)n1nnc2ccccc21. The van der Waals surface area contributed by atoms with E-state index in [2.05, 4.69) is 10.3 Å². The number of para-hydroxylation sites is 1. The summed E-state index contributed by atoms with van der Waals surface area (Å²) in [7, 11) is -3.94. The number of nitrogens with zero attached hydrogens (tertiary/aromatic N) is 3. The summed E-state index contributed by atoms with van der Waals surface area (Å²) in [6.45, 7) is 3.56. The summed E-state index contributed by atoms with van der Waals surface area (Å²) in [5.74, 6) is 0.0827. The molecule has 0 fully saturated rings. The summed E-state index contributed by atoms with van der Waals surface area (Å²) in [5, 5.41) is 7.97. The van der Waals surface area contributed by atoms with E-state index in [1.54, 1.807) is 31.2 Å². The zero-order chi connectivity index (χ0) is 16.4. The third-order valence-corrected chi connectivity index (χ3v) is 4.55. The fourth-order valence-electron chi connectivity index (χ4n) is 2.10. The van der Waals surface area contributed by atoms with Gasteiger partial charge in [0.2, 0.25) is 5.88 Å². The first-order valence-corrected chi connectivity index (χ1v) is 8.40. The molecule has 2 aromatic carbocycles. The number of benzene rings is 2. The molecule has 0 aliphatic rings. The normalized spacial score (nSPS) is 12.5. The van der Waals surface area contributed by atoms with Gasteiger partial charge in [-0.05, 0) is 44.2 Å². The van der Waals surface area contributed by atoms with Gasteiger partial charge in [-0.1, -0.05) is 35.0 Å². The summed E-state index contributed by atoms with van der Waals surface area (Å²) < 4.78 is 31.5. The molecule has 1 heterocycles. The van der Waals surface area contributed by atoms with Crippen LogP contribution in [0.15, 0.2) is 59.5 Å². The van der Waals surface area contributed by atoms with Gasteiger partial charge in [-0.3, -0.25) is 0 Å². The monoisotopic (exact) mass is 329 g/mol. The molecule has 3 rings (SSSR count). The van der Waals surface area contributed by atoms with Crippen LogP contribution in [0.2, 0.25) is 0 Å². The van der Waals surface area contributed by atoms with Crippen LogP contribution in [0.1, 0.15) is 12.5 Å². The molecule has 7 heteroatoms. The molecule has 3 aromatic rings. The summed E-state index contributed by atoms with van der Waals surface area (Å²) in [6, 6.07) is 13.7. The van der Waals surface area contributed by atoms with Gasteiger partial charge in [0.1, 0.15) is 10.4 Å². The Labute approximate surface area is 134 Å². The number of rotatable bonds is 4. The van der Waals surface area contributed by atoms with Crippen molar-refractivity contribution >= 4 is 27.0 Å². The Balaban J connectivity index is 1.98. The molecule has 6 nitrogen and oxygen atoms in total. The quantitative estimate of drug-likeness (QED) is 0.543. The molecule has 0 N–H and O–H groups in total. The van der Waals surface area contributed by atoms with E-state index in [1.807, 2.05) is 19.1 Å². The lowest BCUT2D eigenvalue weighted by atomic mass is 10.2. The van der Waals surface area contributed by atoms with Gasteiger partial charge in [-0.15, -0.1) is 5.10 Å². The van der Waals surface area contributed by atoms with E-state index in [9.17, 15) is 8.42 Å². The molecule has 0 amide bonds. The molecule has 0 saturated carbocycles. The number of allylic oxidation sites excluding steroid dienone is 1. The highest BCUT2D eigenvalue weighted by Crippen LogP contribution is 2.21. The number of aryl methyl sites for hydroxylation is 1. The fraction of sp³-hybridized carbons (Fsp3) is 0.125. The fourth-order valence-corrected chi connectivity index (χ4v) is 3.06. The van der Waals surface area contributed by atoms with Crippen molar-refractivity contribution in [1.29, 1.82) is 0 Å². The lowest BCUT2D eigenvalue weighted by molar-refractivity contribution is 0.436. The highest BCUT2D eigenvalue weighted by atomic mass is 32.2. The van der Waals surface area contributed by atoms with E-state index in [0.717, 1.165) is 5.56 Å². The molecule has 0 unspecified atom stereocenters. The van der Waals surface area contributed by atoms with Crippen molar-refractivity contribution in [3.05, 3.63) is 60.2 Å². The van der Waals surface area contributed by atoms with Crippen LogP contribution < -0.4 is 0 Å². The predicted octanol–water partition coefficient (Wildman–Crippen LogP) is 2.96. The second-order valence-corrected chi connectivity index (χ2v) is 6.51. The first-order chi connectivity index (χ1) is 11.0. The average Bonchev–Trinajstić information content (AvgIpc) is 2.97. The molecule has 0 saturated heterocycles. The summed E-state index contributed by atoms with van der Waals surface area (Å²) in [5.41, 5.74) is 2.29. The van der Waals surface area contributed by atoms with Gasteiger partial charge >= 0.3 is 10.1 Å². The molecule has 23 heavy (non-hydrogen) atoms. The van der Waals surface area contributed by atoms with E-state index < -0.39 is 10.1 Å². The van der Waals surface area contributed by atoms with E-state index >= 15 is 0 Å². The van der Waals surface area contributed by atoms with E-state index in [0.29, 0.717) is 11.0 Å². The highest BCUT2D eigenvalue weighted by Gasteiger charge is 2.20. The summed E-state index contributed by atoms with van der Waals surface area (Å²) in [6.07, 6.45) is 1.53. The van der Waals surface area contributed by atoms with Crippen molar-refractivity contribution in [2.24, 2.45) is 0 Å². The minimum Gasteiger partial charge on any atom is -0.358 e. The lowest BCUT2D eigenvalue weighted by Crippen LogP contribution is -2.11. The Bertz CT molecular complexity index is 973. The van der Waals surface area contributed by atoms with Gasteiger partial charge in [0.15, 0.2) is 0 Å². The topological polar surface area (TPSA) is 74.1 Å². The van der Waals surface area contributed by atoms with Crippen molar-refractivity contribution in [2.45, 2.75) is 18.7 Å². The van der Waals surface area contributed by atoms with Crippen LogP contribution in [0.25, 0.3) is 16.9 Å². The first kappa shape index (κ1) is 15.2. The van der Waals surface area contributed by atoms with Gasteiger partial charge < -0.3 is 4.18 Å². The lowest BCUT2D eigenvalue weighted by Gasteiger charge is -2.10. The molecule has 0 bridgehead atoms. The maximum Gasteiger partial charge on any atom is 0.340 e. The van der Waals surface area contributed by atoms with Crippen molar-refractivity contribution < 1.29 is 12.6 Å². The van der Waals surface area contributed by atoms with Crippen LogP contribution in [0.5, 0.6) is 0 Å². The maximum absolute atomic E-state index is 12.4. The molecule has 118 valence electrons. The second-order valence-electron chi connectivity index (χ2n) is 4.97. The number of hydrogen-bond donors (Lipinski definition) is 0. The molecule has 0 radical (unpaired) electrons. The van der Waals surface area contributed by atoms with E-state index in [1.165, 1.54) is 22.9 Å². The molecule has 1 aromatic heterocycles. The van der Waals surface area contributed by atoms with Crippen LogP contribution in [0.4, 0.5) is 0 Å². The average molecular weight is 329 g/mol. The minimum atomic E-state index is -3.94. The molecular weight excluding hydrogens is 314 g/mol. The van der Waals surface area contributed by atoms with Crippen molar-refractivity contribution in [3.63, 3.8) is 0 Å². The van der Waals surface area contributed by atoms with Crippen LogP contribution in [0, 0.1) is 6.92 Å². The first-order valence-electron chi connectivity index (χ1n) is 6.99. The van der Waals surface area contributed by atoms with Gasteiger partial charge in [0.25, 0.3) is 0 Å². The van der Waals surface area contributed by atoms with Crippen molar-refractivity contribution in [3.8, 4) is 0 Å². The Morgan fingerprint density at radius 1 is 1.13 bits per heavy atom. The molecular formula is C16H15N3O3S. The standard InChI is InChI=1S/C16H15N3O3S/c1-3-16(19-15-7-5-4-6-14(15)17-18-19)22-23(20,21)13-10-8-12(2)9-11-13/h3-11H,1-2H3/b16-3-. The van der Waals surface area contributed by atoms with Crippen LogP contribution in [-0.2, 0) is 14.3 Å². The molecule has 0 atom stereocenters. The smallest absolute Gasteiger partial charge is 0.340 e. The van der Waals surface area contributed by atoms with Crippen molar-refractivity contribution in [1.82, 2.24) is 15.0 Å². The Morgan fingerprint density at radius 2 is 1.83 bits per heavy atom. The van der Waals surface area contributed by atoms with Gasteiger partial charge in [0.05, 0.1) is 5.52 Å². The van der Waals surface area contributed by atoms with Gasteiger partial charge in [0, 0.05) is 0 Å². The summed E-state index contributed by atoms with van der Waals surface area (Å²) >= 11 is 0.